The van der Waals surface area contributed by atoms with Crippen LogP contribution in [0.1, 0.15) is 24.2 Å². The number of hydrogen-bond acceptors (Lipinski definition) is 3. The van der Waals surface area contributed by atoms with E-state index in [1.165, 1.54) is 12.1 Å². The van der Waals surface area contributed by atoms with E-state index in [0.29, 0.717) is 18.2 Å². The van der Waals surface area contributed by atoms with E-state index in [4.69, 9.17) is 16.3 Å². The number of hydrogen-bond donors (Lipinski definition) is 1. The van der Waals surface area contributed by atoms with Gasteiger partial charge in [-0.3, -0.25) is 4.79 Å². The van der Waals surface area contributed by atoms with Crippen LogP contribution in [0, 0.1) is 0 Å². The summed E-state index contributed by atoms with van der Waals surface area (Å²) < 4.78 is 4.98. The Bertz CT molecular complexity index is 421. The molecule has 1 N–H and O–H groups in total. The van der Waals surface area contributed by atoms with Gasteiger partial charge in [-0.05, 0) is 32.0 Å². The summed E-state index contributed by atoms with van der Waals surface area (Å²) >= 11 is 5.74. The second-order valence-electron chi connectivity index (χ2n) is 4.25. The van der Waals surface area contributed by atoms with Gasteiger partial charge in [-0.15, -0.1) is 0 Å². The Morgan fingerprint density at radius 3 is 2.67 bits per heavy atom. The van der Waals surface area contributed by atoms with Crippen LogP contribution >= 0.6 is 11.6 Å². The highest BCUT2D eigenvalue weighted by Gasteiger charge is 2.21. The molecule has 0 atom stereocenters. The summed E-state index contributed by atoms with van der Waals surface area (Å²) in [7, 11) is 1.59. The SMILES string of the molecule is COCCN(C(=O)c1ccc(Cl)cc1O)C(C)C. The number of carbonyl (C=O) groups is 1. The van der Waals surface area contributed by atoms with Crippen molar-refractivity contribution in [3.8, 4) is 5.75 Å². The number of aromatic hydroxyl groups is 1. The molecule has 0 aliphatic carbocycles. The molecule has 0 aliphatic heterocycles. The van der Waals surface area contributed by atoms with Gasteiger partial charge in [0.25, 0.3) is 5.91 Å². The van der Waals surface area contributed by atoms with E-state index in [1.807, 2.05) is 13.8 Å². The Labute approximate surface area is 112 Å². The average molecular weight is 272 g/mol. The second kappa shape index (κ2) is 6.61. The van der Waals surface area contributed by atoms with Crippen LogP contribution in [0.3, 0.4) is 0 Å². The molecule has 100 valence electrons. The molecule has 4 nitrogen and oxygen atoms in total. The first-order chi connectivity index (χ1) is 8.47. The fourth-order valence-corrected chi connectivity index (χ4v) is 1.79. The molecule has 0 saturated heterocycles. The topological polar surface area (TPSA) is 49.8 Å². The van der Waals surface area contributed by atoms with Crippen LogP contribution in [-0.2, 0) is 4.74 Å². The van der Waals surface area contributed by atoms with Crippen LogP contribution in [0.4, 0.5) is 0 Å². The van der Waals surface area contributed by atoms with Gasteiger partial charge in [0, 0.05) is 24.7 Å². The highest BCUT2D eigenvalue weighted by molar-refractivity contribution is 6.30. The summed E-state index contributed by atoms with van der Waals surface area (Å²) in [5, 5.41) is 10.2. The van der Waals surface area contributed by atoms with Crippen molar-refractivity contribution in [2.24, 2.45) is 0 Å². The number of halogens is 1. The van der Waals surface area contributed by atoms with Gasteiger partial charge in [0.05, 0.1) is 12.2 Å². The van der Waals surface area contributed by atoms with E-state index < -0.39 is 0 Å². The van der Waals surface area contributed by atoms with Crippen molar-refractivity contribution in [1.29, 1.82) is 0 Å². The normalized spacial score (nSPS) is 10.7. The highest BCUT2D eigenvalue weighted by Crippen LogP contribution is 2.23. The van der Waals surface area contributed by atoms with Crippen molar-refractivity contribution in [2.45, 2.75) is 19.9 Å². The number of phenolic OH excluding ortho intramolecular Hbond substituents is 1. The number of ether oxygens (including phenoxy) is 1. The number of phenols is 1. The van der Waals surface area contributed by atoms with Crippen LogP contribution in [0.2, 0.25) is 5.02 Å². The van der Waals surface area contributed by atoms with Crippen molar-refractivity contribution < 1.29 is 14.6 Å². The third-order valence-electron chi connectivity index (χ3n) is 2.61. The van der Waals surface area contributed by atoms with E-state index in [0.717, 1.165) is 0 Å². The number of methoxy groups -OCH3 is 1. The van der Waals surface area contributed by atoms with E-state index >= 15 is 0 Å². The zero-order valence-electron chi connectivity index (χ0n) is 10.8. The quantitative estimate of drug-likeness (QED) is 0.895. The maximum atomic E-state index is 12.3. The number of benzene rings is 1. The van der Waals surface area contributed by atoms with Crippen LogP contribution in [0.15, 0.2) is 18.2 Å². The predicted octanol–water partition coefficient (Wildman–Crippen LogP) is 2.54. The van der Waals surface area contributed by atoms with Crippen molar-refractivity contribution in [3.63, 3.8) is 0 Å². The average Bonchev–Trinajstić information content (AvgIpc) is 2.28. The van der Waals surface area contributed by atoms with Gasteiger partial charge in [-0.1, -0.05) is 11.6 Å². The van der Waals surface area contributed by atoms with Gasteiger partial charge in [-0.2, -0.15) is 0 Å². The Morgan fingerprint density at radius 2 is 2.17 bits per heavy atom. The molecule has 0 aliphatic rings. The van der Waals surface area contributed by atoms with Gasteiger partial charge < -0.3 is 14.7 Å². The Kier molecular flexibility index (Phi) is 5.44. The molecule has 0 saturated carbocycles. The molecule has 0 aromatic heterocycles. The summed E-state index contributed by atoms with van der Waals surface area (Å²) in [6.07, 6.45) is 0. The molecule has 18 heavy (non-hydrogen) atoms. The van der Waals surface area contributed by atoms with Gasteiger partial charge >= 0.3 is 0 Å². The minimum absolute atomic E-state index is 0.0303. The maximum Gasteiger partial charge on any atom is 0.257 e. The van der Waals surface area contributed by atoms with Crippen molar-refractivity contribution >= 4 is 17.5 Å². The monoisotopic (exact) mass is 271 g/mol. The highest BCUT2D eigenvalue weighted by atomic mass is 35.5. The summed E-state index contributed by atoms with van der Waals surface area (Å²) in [6.45, 7) is 4.77. The summed E-state index contributed by atoms with van der Waals surface area (Å²) in [5.74, 6) is -0.327. The summed E-state index contributed by atoms with van der Waals surface area (Å²) in [5.41, 5.74) is 0.254. The van der Waals surface area contributed by atoms with Gasteiger partial charge in [0.15, 0.2) is 0 Å². The number of carbonyl (C=O) groups excluding carboxylic acids is 1. The second-order valence-corrected chi connectivity index (χ2v) is 4.68. The molecule has 0 radical (unpaired) electrons. The molecule has 1 rings (SSSR count). The molecule has 0 spiro atoms. The van der Waals surface area contributed by atoms with Gasteiger partial charge in [0.1, 0.15) is 5.75 Å². The van der Waals surface area contributed by atoms with Crippen molar-refractivity contribution in [1.82, 2.24) is 4.90 Å². The van der Waals surface area contributed by atoms with Crippen LogP contribution in [-0.4, -0.2) is 42.2 Å². The fourth-order valence-electron chi connectivity index (χ4n) is 1.62. The lowest BCUT2D eigenvalue weighted by Gasteiger charge is -2.26. The molecular weight excluding hydrogens is 254 g/mol. The smallest absolute Gasteiger partial charge is 0.257 e. The predicted molar refractivity (Wildman–Crippen MR) is 71.2 cm³/mol. The molecule has 0 unspecified atom stereocenters. The van der Waals surface area contributed by atoms with Crippen molar-refractivity contribution in [2.75, 3.05) is 20.3 Å². The van der Waals surface area contributed by atoms with Gasteiger partial charge in [-0.25, -0.2) is 0 Å². The Hall–Kier alpha value is -1.26. The van der Waals surface area contributed by atoms with Crippen LogP contribution < -0.4 is 0 Å². The standard InChI is InChI=1S/C13H18ClNO3/c1-9(2)15(6-7-18-3)13(17)11-5-4-10(14)8-12(11)16/h4-5,8-9,16H,6-7H2,1-3H3. The van der Waals surface area contributed by atoms with Crippen LogP contribution in [0.25, 0.3) is 0 Å². The first-order valence-corrected chi connectivity index (χ1v) is 6.13. The Balaban J connectivity index is 2.94. The molecular formula is C13H18ClNO3. The van der Waals surface area contributed by atoms with E-state index in [2.05, 4.69) is 0 Å². The molecule has 0 fully saturated rings. The number of nitrogens with zero attached hydrogens (tertiary/aromatic N) is 1. The lowest BCUT2D eigenvalue weighted by molar-refractivity contribution is 0.0632. The van der Waals surface area contributed by atoms with Crippen molar-refractivity contribution in [3.05, 3.63) is 28.8 Å². The minimum atomic E-state index is -0.226. The fraction of sp³-hybridized carbons (Fsp3) is 0.462. The molecule has 1 amide bonds. The number of rotatable bonds is 5. The van der Waals surface area contributed by atoms with E-state index in [1.54, 1.807) is 18.1 Å². The lowest BCUT2D eigenvalue weighted by Crippen LogP contribution is -2.39. The van der Waals surface area contributed by atoms with Gasteiger partial charge in [0.2, 0.25) is 0 Å². The summed E-state index contributed by atoms with van der Waals surface area (Å²) in [6, 6.07) is 4.51. The molecule has 0 heterocycles. The molecule has 0 bridgehead atoms. The number of amides is 1. The summed E-state index contributed by atoms with van der Waals surface area (Å²) in [4.78, 5) is 13.9. The zero-order valence-corrected chi connectivity index (χ0v) is 11.6. The first-order valence-electron chi connectivity index (χ1n) is 5.75. The largest absolute Gasteiger partial charge is 0.507 e. The first kappa shape index (κ1) is 14.8. The molecule has 5 heteroatoms. The lowest BCUT2D eigenvalue weighted by atomic mass is 10.1. The maximum absolute atomic E-state index is 12.3. The third kappa shape index (κ3) is 3.62. The Morgan fingerprint density at radius 1 is 1.50 bits per heavy atom. The van der Waals surface area contributed by atoms with Crippen LogP contribution in [0.5, 0.6) is 5.75 Å². The molecule has 1 aromatic rings. The molecule has 1 aromatic carbocycles. The third-order valence-corrected chi connectivity index (χ3v) is 2.85. The minimum Gasteiger partial charge on any atom is -0.507 e. The van der Waals surface area contributed by atoms with E-state index in [-0.39, 0.29) is 23.3 Å². The zero-order chi connectivity index (χ0) is 13.7. The van der Waals surface area contributed by atoms with E-state index in [9.17, 15) is 9.90 Å².